The number of benzene rings is 1. The van der Waals surface area contributed by atoms with Crippen LogP contribution >= 0.6 is 0 Å². The molecule has 0 N–H and O–H groups in total. The second kappa shape index (κ2) is 12.9. The first-order chi connectivity index (χ1) is 14.2. The van der Waals surface area contributed by atoms with Crippen LogP contribution < -0.4 is 8.70 Å². The van der Waals surface area contributed by atoms with Crippen LogP contribution in [0, 0.1) is 0 Å². The molecule has 0 bridgehead atoms. The average molecular weight is 802 g/mol. The Balaban J connectivity index is 3.67. The van der Waals surface area contributed by atoms with Crippen molar-refractivity contribution in [3.63, 3.8) is 0 Å². The Hall–Kier alpha value is 2.57. The van der Waals surface area contributed by atoms with Gasteiger partial charge in [-0.2, -0.15) is 0 Å². The van der Waals surface area contributed by atoms with Crippen molar-refractivity contribution >= 4 is 110 Å². The maximum absolute atomic E-state index is 2.95. The Labute approximate surface area is 252 Å². The van der Waals surface area contributed by atoms with Crippen molar-refractivity contribution in [3.05, 3.63) is 22.3 Å². The molecule has 1 aromatic rings. The maximum atomic E-state index is 2.95. The molecule has 0 aliphatic heterocycles. The van der Waals surface area contributed by atoms with E-state index in [0.29, 0.717) is 8.41 Å². The monoisotopic (exact) mass is 802 g/mol. The third-order valence-electron chi connectivity index (χ3n) is 5.84. The van der Waals surface area contributed by atoms with Crippen molar-refractivity contribution in [2.45, 2.75) is 124 Å². The zero-order chi connectivity index (χ0) is 25.1. The van der Waals surface area contributed by atoms with E-state index in [-0.39, 0.29) is 8.41 Å². The second-order valence-corrected chi connectivity index (χ2v) is 23.9. The second-order valence-electron chi connectivity index (χ2n) is 11.9. The van der Waals surface area contributed by atoms with E-state index in [0.717, 1.165) is 0 Å². The standard InChI is InChI=1S/C26H40As6/c1-23(2,29)13-9-17-18(10-14-24(3,4)30)20(12-16-26(7,8)32)22(28)21(27)19(17)11-15-25(5,6)31/h9-16H2,1-8H3. The zero-order valence-electron chi connectivity index (χ0n) is 21.3. The quantitative estimate of drug-likeness (QED) is 0.274. The molecule has 0 saturated carbocycles. The fraction of sp³-hybridized carbons (Fsp3) is 0.769. The minimum atomic E-state index is 0.288. The summed E-state index contributed by atoms with van der Waals surface area (Å²) in [7, 11) is 0. The van der Waals surface area contributed by atoms with E-state index in [1.54, 1.807) is 22.3 Å². The predicted octanol–water partition coefficient (Wildman–Crippen LogP) is 4.47. The van der Waals surface area contributed by atoms with Crippen LogP contribution in [0.1, 0.15) is 103 Å². The summed E-state index contributed by atoms with van der Waals surface area (Å²) in [4.78, 5) is 0. The average Bonchev–Trinajstić information content (AvgIpc) is 2.55. The Morgan fingerprint density at radius 2 is 0.594 bits per heavy atom. The first-order valence-corrected chi connectivity index (χ1v) is 17.3. The topological polar surface area (TPSA) is 0 Å². The molecule has 0 spiro atoms. The summed E-state index contributed by atoms with van der Waals surface area (Å²) in [6.45, 7) is 18.8. The first kappa shape index (κ1) is 32.6. The van der Waals surface area contributed by atoms with Crippen molar-refractivity contribution in [2.75, 3.05) is 0 Å². The molecular formula is C26H40As6. The molecule has 0 amide bonds. The summed E-state index contributed by atoms with van der Waals surface area (Å²) < 4.78 is 4.10. The minimum absolute atomic E-state index is 0.288. The summed E-state index contributed by atoms with van der Waals surface area (Å²) >= 11 is 17.5. The predicted molar refractivity (Wildman–Crippen MR) is 150 cm³/mol. The molecule has 1 rings (SSSR count). The number of rotatable bonds is 12. The van der Waals surface area contributed by atoms with Gasteiger partial charge in [0.05, 0.1) is 0 Å². The van der Waals surface area contributed by atoms with Gasteiger partial charge in [-0.05, 0) is 0 Å². The molecule has 6 heteroatoms. The van der Waals surface area contributed by atoms with E-state index in [2.05, 4.69) is 157 Å². The summed E-state index contributed by atoms with van der Waals surface area (Å²) in [6, 6.07) is 0. The van der Waals surface area contributed by atoms with Crippen LogP contribution in [0.15, 0.2) is 0 Å². The van der Waals surface area contributed by atoms with Gasteiger partial charge < -0.3 is 0 Å². The molecule has 0 atom stereocenters. The van der Waals surface area contributed by atoms with Crippen molar-refractivity contribution in [2.24, 2.45) is 0 Å². The fourth-order valence-corrected chi connectivity index (χ4v) is 6.34. The van der Waals surface area contributed by atoms with Gasteiger partial charge in [0, 0.05) is 0 Å². The molecular weight excluding hydrogens is 762 g/mol. The van der Waals surface area contributed by atoms with E-state index in [1.807, 2.05) is 0 Å². The van der Waals surface area contributed by atoms with Gasteiger partial charge in [-0.25, -0.2) is 0 Å². The van der Waals surface area contributed by atoms with Gasteiger partial charge in [0.1, 0.15) is 0 Å². The van der Waals surface area contributed by atoms with Crippen LogP contribution in [0.3, 0.4) is 0 Å². The van der Waals surface area contributed by atoms with E-state index in [1.165, 1.54) is 60.1 Å². The molecule has 32 heavy (non-hydrogen) atoms. The number of hydrogen-bond acceptors (Lipinski definition) is 0. The van der Waals surface area contributed by atoms with Crippen LogP contribution in [-0.4, -0.2) is 101 Å². The van der Waals surface area contributed by atoms with E-state index in [9.17, 15) is 0 Å². The summed E-state index contributed by atoms with van der Waals surface area (Å²) in [5, 5.41) is 0. The SMILES string of the molecule is CC(C)([As])CCc1c([As])c([As])c(CCC(C)(C)[As])c(CCC(C)(C)[As])c1CCC(C)(C)[As]. The molecule has 1 aromatic carbocycles. The molecule has 0 aromatic heterocycles. The van der Waals surface area contributed by atoms with Crippen molar-refractivity contribution in [1.82, 2.24) is 0 Å². The fourth-order valence-electron chi connectivity index (χ4n) is 3.80. The van der Waals surface area contributed by atoms with Crippen molar-refractivity contribution < 1.29 is 0 Å². The summed E-state index contributed by atoms with van der Waals surface area (Å²) in [5.74, 6) is 0. The van der Waals surface area contributed by atoms with E-state index in [4.69, 9.17) is 0 Å². The third-order valence-corrected chi connectivity index (χ3v) is 10.6. The first-order valence-electron chi connectivity index (χ1n) is 11.7. The van der Waals surface area contributed by atoms with Gasteiger partial charge in [-0.1, -0.05) is 0 Å². The van der Waals surface area contributed by atoms with Crippen LogP contribution in [0.4, 0.5) is 0 Å². The molecule has 0 fully saturated rings. The summed E-state index contributed by atoms with van der Waals surface area (Å²) in [6.07, 6.45) is 9.53. The van der Waals surface area contributed by atoms with Gasteiger partial charge in [0.2, 0.25) is 0 Å². The van der Waals surface area contributed by atoms with E-state index < -0.39 is 0 Å². The Bertz CT molecular complexity index is 690. The van der Waals surface area contributed by atoms with Gasteiger partial charge >= 0.3 is 256 Å². The molecule has 0 nitrogen and oxygen atoms in total. The van der Waals surface area contributed by atoms with Crippen LogP contribution in [0.2, 0.25) is 16.8 Å². The Morgan fingerprint density at radius 3 is 0.781 bits per heavy atom. The molecule has 12 radical (unpaired) electrons. The molecule has 0 unspecified atom stereocenters. The van der Waals surface area contributed by atoms with Crippen molar-refractivity contribution in [1.29, 1.82) is 0 Å². The van der Waals surface area contributed by atoms with Crippen molar-refractivity contribution in [3.8, 4) is 0 Å². The Morgan fingerprint density at radius 1 is 0.406 bits per heavy atom. The van der Waals surface area contributed by atoms with Gasteiger partial charge in [0.15, 0.2) is 0 Å². The molecule has 0 saturated heterocycles. The van der Waals surface area contributed by atoms with Crippen LogP contribution in [0.25, 0.3) is 0 Å². The molecule has 0 aliphatic carbocycles. The van der Waals surface area contributed by atoms with Gasteiger partial charge in [0.25, 0.3) is 0 Å². The van der Waals surface area contributed by atoms with Gasteiger partial charge in [-0.15, -0.1) is 0 Å². The normalized spacial score (nSPS) is 13.7. The molecule has 0 aliphatic rings. The number of hydrogen-bond donors (Lipinski definition) is 0. The van der Waals surface area contributed by atoms with Crippen LogP contribution in [0.5, 0.6) is 0 Å². The van der Waals surface area contributed by atoms with Crippen LogP contribution in [-0.2, 0) is 25.7 Å². The van der Waals surface area contributed by atoms with Gasteiger partial charge in [-0.3, -0.25) is 0 Å². The molecule has 0 heterocycles. The third kappa shape index (κ3) is 12.7. The Kier molecular flexibility index (Phi) is 13.1. The van der Waals surface area contributed by atoms with E-state index >= 15 is 0 Å². The molecule has 174 valence electrons. The summed E-state index contributed by atoms with van der Waals surface area (Å²) in [5.41, 5.74) is 6.57. The zero-order valence-corrected chi connectivity index (χ0v) is 32.6.